The van der Waals surface area contributed by atoms with Gasteiger partial charge in [-0.25, -0.2) is 0 Å². The molecule has 1 aliphatic rings. The molecule has 1 atom stereocenters. The van der Waals surface area contributed by atoms with E-state index in [2.05, 4.69) is 10.4 Å². The number of nitrogens with two attached hydrogens (primary N) is 1. The van der Waals surface area contributed by atoms with Gasteiger partial charge in [0.15, 0.2) is 0 Å². The molecule has 0 amide bonds. The minimum absolute atomic E-state index is 0.212. The van der Waals surface area contributed by atoms with Crippen LogP contribution in [0.15, 0.2) is 12.4 Å². The van der Waals surface area contributed by atoms with Crippen LogP contribution in [0, 0.1) is 0 Å². The molecule has 5 heteroatoms. The topological polar surface area (TPSA) is 65.1 Å². The molecule has 0 spiro atoms. The largest absolute Gasteiger partial charge is 0.381 e. The predicted octanol–water partition coefficient (Wildman–Crippen LogP) is -0.0502. The van der Waals surface area contributed by atoms with Gasteiger partial charge in [-0.2, -0.15) is 5.10 Å². The fourth-order valence-electron chi connectivity index (χ4n) is 1.55. The van der Waals surface area contributed by atoms with Crippen LogP contribution in [-0.4, -0.2) is 35.1 Å². The molecule has 5 nitrogen and oxygen atoms in total. The molecule has 78 valence electrons. The Labute approximate surface area is 83.2 Å². The van der Waals surface area contributed by atoms with E-state index in [1.165, 1.54) is 0 Å². The summed E-state index contributed by atoms with van der Waals surface area (Å²) in [5.74, 6) is 0. The molecule has 0 bridgehead atoms. The molecular weight excluding hydrogens is 180 g/mol. The van der Waals surface area contributed by atoms with Crippen LogP contribution >= 0.6 is 0 Å². The maximum absolute atomic E-state index is 6.10. The van der Waals surface area contributed by atoms with Crippen molar-refractivity contribution in [2.45, 2.75) is 12.0 Å². The second-order valence-electron chi connectivity index (χ2n) is 3.92. The summed E-state index contributed by atoms with van der Waals surface area (Å²) >= 11 is 0. The molecule has 1 fully saturated rings. The predicted molar refractivity (Wildman–Crippen MR) is 54.1 cm³/mol. The lowest BCUT2D eigenvalue weighted by Gasteiger charge is -2.21. The van der Waals surface area contributed by atoms with Crippen molar-refractivity contribution in [3.63, 3.8) is 0 Å². The van der Waals surface area contributed by atoms with Crippen molar-refractivity contribution in [2.75, 3.05) is 25.1 Å². The number of nitrogens with zero attached hydrogens (tertiary/aromatic N) is 2. The first kappa shape index (κ1) is 9.48. The maximum Gasteiger partial charge on any atom is 0.0727 e. The lowest BCUT2D eigenvalue weighted by molar-refractivity contribution is 0.180. The monoisotopic (exact) mass is 196 g/mol. The molecule has 0 aliphatic carbocycles. The number of hydrogen-bond acceptors (Lipinski definition) is 4. The van der Waals surface area contributed by atoms with Gasteiger partial charge in [-0.05, 0) is 6.42 Å². The van der Waals surface area contributed by atoms with Crippen LogP contribution < -0.4 is 11.1 Å². The van der Waals surface area contributed by atoms with Crippen molar-refractivity contribution in [2.24, 2.45) is 12.8 Å². The molecule has 2 rings (SSSR count). The van der Waals surface area contributed by atoms with Gasteiger partial charge >= 0.3 is 0 Å². The van der Waals surface area contributed by atoms with Crippen molar-refractivity contribution in [1.29, 1.82) is 0 Å². The molecular formula is C9H16N4O. The van der Waals surface area contributed by atoms with Gasteiger partial charge in [0.2, 0.25) is 0 Å². The molecule has 1 aromatic rings. The SMILES string of the molecule is Cn1cc(NCC2(N)CCOC2)cn1. The van der Waals surface area contributed by atoms with Crippen molar-refractivity contribution >= 4 is 5.69 Å². The first-order valence-electron chi connectivity index (χ1n) is 4.77. The Morgan fingerprint density at radius 3 is 3.21 bits per heavy atom. The summed E-state index contributed by atoms with van der Waals surface area (Å²) in [5, 5.41) is 7.33. The fraction of sp³-hybridized carbons (Fsp3) is 0.667. The number of aryl methyl sites for hydroxylation is 1. The third kappa shape index (κ3) is 2.05. The number of nitrogens with one attached hydrogen (secondary N) is 1. The molecule has 14 heavy (non-hydrogen) atoms. The highest BCUT2D eigenvalue weighted by atomic mass is 16.5. The average Bonchev–Trinajstić information content (AvgIpc) is 2.73. The van der Waals surface area contributed by atoms with Gasteiger partial charge in [0.1, 0.15) is 0 Å². The van der Waals surface area contributed by atoms with Gasteiger partial charge in [0, 0.05) is 26.4 Å². The Kier molecular flexibility index (Phi) is 2.43. The molecule has 0 saturated carbocycles. The zero-order valence-corrected chi connectivity index (χ0v) is 8.36. The van der Waals surface area contributed by atoms with E-state index in [1.807, 2.05) is 13.2 Å². The van der Waals surface area contributed by atoms with E-state index in [0.29, 0.717) is 6.61 Å². The Hall–Kier alpha value is -1.07. The average molecular weight is 196 g/mol. The van der Waals surface area contributed by atoms with Crippen molar-refractivity contribution < 1.29 is 4.74 Å². The number of ether oxygens (including phenoxy) is 1. The summed E-state index contributed by atoms with van der Waals surface area (Å²) < 4.78 is 7.03. The van der Waals surface area contributed by atoms with Crippen LogP contribution in [0.2, 0.25) is 0 Å². The number of hydrogen-bond donors (Lipinski definition) is 2. The Bertz CT molecular complexity index is 304. The van der Waals surface area contributed by atoms with Gasteiger partial charge < -0.3 is 15.8 Å². The van der Waals surface area contributed by atoms with Crippen LogP contribution in [0.5, 0.6) is 0 Å². The third-order valence-electron chi connectivity index (χ3n) is 2.48. The molecule has 1 unspecified atom stereocenters. The van der Waals surface area contributed by atoms with Crippen molar-refractivity contribution in [3.05, 3.63) is 12.4 Å². The van der Waals surface area contributed by atoms with Gasteiger partial charge in [0.25, 0.3) is 0 Å². The van der Waals surface area contributed by atoms with E-state index < -0.39 is 0 Å². The summed E-state index contributed by atoms with van der Waals surface area (Å²) in [5.41, 5.74) is 6.89. The first-order valence-corrected chi connectivity index (χ1v) is 4.77. The standard InChI is InChI=1S/C9H16N4O/c1-13-5-8(4-12-13)11-6-9(10)2-3-14-7-9/h4-5,11H,2-3,6-7,10H2,1H3. The Morgan fingerprint density at radius 1 is 1.79 bits per heavy atom. The molecule has 0 aromatic carbocycles. The summed E-state index contributed by atoms with van der Waals surface area (Å²) in [6.07, 6.45) is 4.64. The van der Waals surface area contributed by atoms with E-state index in [4.69, 9.17) is 10.5 Å². The molecule has 1 saturated heterocycles. The lowest BCUT2D eigenvalue weighted by Crippen LogP contribution is -2.46. The first-order chi connectivity index (χ1) is 6.68. The van der Waals surface area contributed by atoms with Crippen LogP contribution in [0.4, 0.5) is 5.69 Å². The molecule has 1 aliphatic heterocycles. The van der Waals surface area contributed by atoms with Crippen molar-refractivity contribution in [3.8, 4) is 0 Å². The summed E-state index contributed by atoms with van der Waals surface area (Å²) in [6.45, 7) is 2.14. The van der Waals surface area contributed by atoms with Crippen molar-refractivity contribution in [1.82, 2.24) is 9.78 Å². The van der Waals surface area contributed by atoms with Gasteiger partial charge in [-0.1, -0.05) is 0 Å². The highest BCUT2D eigenvalue weighted by Gasteiger charge is 2.29. The van der Waals surface area contributed by atoms with E-state index >= 15 is 0 Å². The van der Waals surface area contributed by atoms with E-state index in [0.717, 1.165) is 25.3 Å². The van der Waals surface area contributed by atoms with Gasteiger partial charge in [-0.15, -0.1) is 0 Å². The second kappa shape index (κ2) is 3.59. The summed E-state index contributed by atoms with van der Waals surface area (Å²) in [6, 6.07) is 0. The zero-order chi connectivity index (χ0) is 10.0. The van der Waals surface area contributed by atoms with Gasteiger partial charge in [-0.3, -0.25) is 4.68 Å². The number of rotatable bonds is 3. The fourth-order valence-corrected chi connectivity index (χ4v) is 1.55. The van der Waals surface area contributed by atoms with E-state index in [-0.39, 0.29) is 5.54 Å². The molecule has 1 aromatic heterocycles. The van der Waals surface area contributed by atoms with Crippen LogP contribution in [0.25, 0.3) is 0 Å². The second-order valence-corrected chi connectivity index (χ2v) is 3.92. The summed E-state index contributed by atoms with van der Waals surface area (Å²) in [7, 11) is 1.89. The van der Waals surface area contributed by atoms with Crippen LogP contribution in [0.1, 0.15) is 6.42 Å². The highest BCUT2D eigenvalue weighted by molar-refractivity contribution is 5.38. The minimum atomic E-state index is -0.212. The quantitative estimate of drug-likeness (QED) is 0.711. The smallest absolute Gasteiger partial charge is 0.0727 e. The zero-order valence-electron chi connectivity index (χ0n) is 8.36. The minimum Gasteiger partial charge on any atom is -0.381 e. The molecule has 0 radical (unpaired) electrons. The van der Waals surface area contributed by atoms with E-state index in [1.54, 1.807) is 10.9 Å². The summed E-state index contributed by atoms with van der Waals surface area (Å²) in [4.78, 5) is 0. The number of anilines is 1. The highest BCUT2D eigenvalue weighted by Crippen LogP contribution is 2.16. The maximum atomic E-state index is 6.10. The molecule has 3 N–H and O–H groups in total. The third-order valence-corrected chi connectivity index (χ3v) is 2.48. The normalized spacial score (nSPS) is 26.7. The lowest BCUT2D eigenvalue weighted by atomic mass is 10.0. The molecule has 2 heterocycles. The van der Waals surface area contributed by atoms with E-state index in [9.17, 15) is 0 Å². The van der Waals surface area contributed by atoms with Crippen LogP contribution in [0.3, 0.4) is 0 Å². The van der Waals surface area contributed by atoms with Gasteiger partial charge in [0.05, 0.1) is 24.0 Å². The Balaban J connectivity index is 1.87. The van der Waals surface area contributed by atoms with Crippen LogP contribution in [-0.2, 0) is 11.8 Å². The Morgan fingerprint density at radius 2 is 2.64 bits per heavy atom. The number of aromatic nitrogens is 2.